The predicted octanol–water partition coefficient (Wildman–Crippen LogP) is 1.98. The van der Waals surface area contributed by atoms with E-state index in [1.807, 2.05) is 44.2 Å². The topological polar surface area (TPSA) is 83.8 Å². The van der Waals surface area contributed by atoms with Crippen molar-refractivity contribution >= 4 is 11.3 Å². The fourth-order valence-corrected chi connectivity index (χ4v) is 2.54. The van der Waals surface area contributed by atoms with Crippen LogP contribution >= 0.6 is 0 Å². The van der Waals surface area contributed by atoms with Gasteiger partial charge in [0, 0.05) is 5.56 Å². The number of nitrogens with one attached hydrogen (secondary N) is 1. The first kappa shape index (κ1) is 14.5. The Morgan fingerprint density at radius 1 is 1.27 bits per heavy atom. The van der Waals surface area contributed by atoms with Crippen LogP contribution in [0.4, 0.5) is 0 Å². The summed E-state index contributed by atoms with van der Waals surface area (Å²) in [4.78, 5) is 23.8. The Kier molecular flexibility index (Phi) is 3.77. The lowest BCUT2D eigenvalue weighted by Gasteiger charge is -2.19. The molecule has 22 heavy (non-hydrogen) atoms. The van der Waals surface area contributed by atoms with E-state index in [0.29, 0.717) is 17.0 Å². The minimum Gasteiger partial charge on any atom is -0.394 e. The number of benzene rings is 1. The fraction of sp³-hybridized carbons (Fsp3) is 0.312. The summed E-state index contributed by atoms with van der Waals surface area (Å²) in [7, 11) is 0. The molecule has 0 radical (unpaired) electrons. The molecule has 114 valence electrons. The number of fused-ring (bicyclic) bond motifs is 1. The molecule has 0 spiro atoms. The molecule has 0 saturated carbocycles. The predicted molar refractivity (Wildman–Crippen MR) is 84.5 cm³/mol. The number of hydrogen-bond acceptors (Lipinski definition) is 4. The van der Waals surface area contributed by atoms with E-state index in [-0.39, 0.29) is 24.3 Å². The standard InChI is InChI=1S/C16H18N4O2/c1-10(2)13(9-21)20-15-14(19-16(20)22)17-8-12(18-15)11-6-4-3-5-7-11/h3-8,10,13,21H,9H2,1-2H3,(H,17,19,22)/t13-/m0/s1. The van der Waals surface area contributed by atoms with Gasteiger partial charge in [-0.25, -0.2) is 14.8 Å². The molecule has 6 nitrogen and oxygen atoms in total. The molecule has 0 fully saturated rings. The summed E-state index contributed by atoms with van der Waals surface area (Å²) in [6.07, 6.45) is 1.64. The Balaban J connectivity index is 2.21. The van der Waals surface area contributed by atoms with Gasteiger partial charge in [0.15, 0.2) is 11.3 Å². The number of aromatic amines is 1. The summed E-state index contributed by atoms with van der Waals surface area (Å²) in [5.74, 6) is 0.101. The van der Waals surface area contributed by atoms with Gasteiger partial charge in [0.1, 0.15) is 0 Å². The maximum Gasteiger partial charge on any atom is 0.329 e. The van der Waals surface area contributed by atoms with Gasteiger partial charge in [-0.2, -0.15) is 0 Å². The highest BCUT2D eigenvalue weighted by atomic mass is 16.3. The summed E-state index contributed by atoms with van der Waals surface area (Å²) in [5, 5.41) is 9.62. The Morgan fingerprint density at radius 3 is 2.64 bits per heavy atom. The molecule has 2 N–H and O–H groups in total. The highest BCUT2D eigenvalue weighted by molar-refractivity contribution is 5.70. The summed E-state index contributed by atoms with van der Waals surface area (Å²) in [6, 6.07) is 9.34. The van der Waals surface area contributed by atoms with Crippen LogP contribution in [0.5, 0.6) is 0 Å². The zero-order chi connectivity index (χ0) is 15.7. The van der Waals surface area contributed by atoms with E-state index < -0.39 is 0 Å². The maximum absolute atomic E-state index is 12.2. The number of aliphatic hydroxyl groups is 1. The minimum absolute atomic E-state index is 0.101. The third kappa shape index (κ3) is 2.42. The average Bonchev–Trinajstić information content (AvgIpc) is 2.84. The van der Waals surface area contributed by atoms with Crippen molar-refractivity contribution in [3.05, 3.63) is 47.0 Å². The molecule has 0 saturated heterocycles. The van der Waals surface area contributed by atoms with Crippen LogP contribution in [0, 0.1) is 5.92 Å². The molecule has 0 aliphatic rings. The first-order chi connectivity index (χ1) is 10.6. The summed E-state index contributed by atoms with van der Waals surface area (Å²) in [6.45, 7) is 3.79. The van der Waals surface area contributed by atoms with Gasteiger partial charge >= 0.3 is 5.69 Å². The third-order valence-electron chi connectivity index (χ3n) is 3.78. The largest absolute Gasteiger partial charge is 0.394 e. The number of aromatic nitrogens is 4. The van der Waals surface area contributed by atoms with Crippen LogP contribution in [0.3, 0.4) is 0 Å². The zero-order valence-corrected chi connectivity index (χ0v) is 12.5. The van der Waals surface area contributed by atoms with Crippen molar-refractivity contribution in [2.45, 2.75) is 19.9 Å². The summed E-state index contributed by atoms with van der Waals surface area (Å²) < 4.78 is 1.50. The molecule has 3 aromatic rings. The maximum atomic E-state index is 12.2. The quantitative estimate of drug-likeness (QED) is 0.771. The van der Waals surface area contributed by atoms with E-state index in [1.165, 1.54) is 4.57 Å². The minimum atomic E-state index is -0.332. The van der Waals surface area contributed by atoms with E-state index in [4.69, 9.17) is 0 Å². The van der Waals surface area contributed by atoms with Crippen molar-refractivity contribution in [2.75, 3.05) is 6.61 Å². The molecule has 0 amide bonds. The summed E-state index contributed by atoms with van der Waals surface area (Å²) in [5.41, 5.74) is 2.24. The molecule has 0 aliphatic carbocycles. The molecule has 0 unspecified atom stereocenters. The molecule has 6 heteroatoms. The number of hydrogen-bond donors (Lipinski definition) is 2. The fourth-order valence-electron chi connectivity index (χ4n) is 2.54. The van der Waals surface area contributed by atoms with E-state index in [1.54, 1.807) is 6.20 Å². The molecule has 0 bridgehead atoms. The van der Waals surface area contributed by atoms with Gasteiger partial charge in [-0.05, 0) is 5.92 Å². The third-order valence-corrected chi connectivity index (χ3v) is 3.78. The van der Waals surface area contributed by atoms with Crippen molar-refractivity contribution in [1.29, 1.82) is 0 Å². The van der Waals surface area contributed by atoms with Crippen molar-refractivity contribution in [1.82, 2.24) is 19.5 Å². The van der Waals surface area contributed by atoms with Crippen LogP contribution < -0.4 is 5.69 Å². The van der Waals surface area contributed by atoms with Crippen molar-refractivity contribution < 1.29 is 5.11 Å². The van der Waals surface area contributed by atoms with E-state index in [9.17, 15) is 9.90 Å². The number of rotatable bonds is 4. The molecule has 2 aromatic heterocycles. The number of aliphatic hydroxyl groups excluding tert-OH is 1. The van der Waals surface area contributed by atoms with Gasteiger partial charge < -0.3 is 5.11 Å². The van der Waals surface area contributed by atoms with Gasteiger partial charge in [-0.15, -0.1) is 0 Å². The Bertz CT molecular complexity index is 836. The van der Waals surface area contributed by atoms with Crippen LogP contribution in [0.2, 0.25) is 0 Å². The SMILES string of the molecule is CC(C)[C@H](CO)n1c(=O)[nH]c2ncc(-c3ccccc3)nc21. The van der Waals surface area contributed by atoms with Gasteiger partial charge in [-0.3, -0.25) is 9.55 Å². The molecule has 1 atom stereocenters. The average molecular weight is 298 g/mol. The van der Waals surface area contributed by atoms with Gasteiger partial charge in [0.05, 0.1) is 24.5 Å². The molecule has 0 aliphatic heterocycles. The number of H-pyrrole nitrogens is 1. The van der Waals surface area contributed by atoms with E-state index >= 15 is 0 Å². The van der Waals surface area contributed by atoms with Crippen LogP contribution in [-0.2, 0) is 0 Å². The summed E-state index contributed by atoms with van der Waals surface area (Å²) >= 11 is 0. The number of nitrogens with zero attached hydrogens (tertiary/aromatic N) is 3. The number of imidazole rings is 1. The zero-order valence-electron chi connectivity index (χ0n) is 12.5. The second-order valence-electron chi connectivity index (χ2n) is 5.59. The molecular formula is C16H18N4O2. The van der Waals surface area contributed by atoms with Crippen LogP contribution in [-0.4, -0.2) is 31.2 Å². The Hall–Kier alpha value is -2.47. The van der Waals surface area contributed by atoms with Gasteiger partial charge in [0.2, 0.25) is 0 Å². The smallest absolute Gasteiger partial charge is 0.329 e. The first-order valence-electron chi connectivity index (χ1n) is 7.25. The van der Waals surface area contributed by atoms with Gasteiger partial charge in [0.25, 0.3) is 0 Å². The van der Waals surface area contributed by atoms with Crippen LogP contribution in [0.15, 0.2) is 41.3 Å². The Labute approximate surface area is 127 Å². The highest BCUT2D eigenvalue weighted by Gasteiger charge is 2.21. The van der Waals surface area contributed by atoms with E-state index in [2.05, 4.69) is 15.0 Å². The van der Waals surface area contributed by atoms with Crippen molar-refractivity contribution in [3.8, 4) is 11.3 Å². The highest BCUT2D eigenvalue weighted by Crippen LogP contribution is 2.22. The van der Waals surface area contributed by atoms with E-state index in [0.717, 1.165) is 5.56 Å². The second kappa shape index (κ2) is 5.73. The lowest BCUT2D eigenvalue weighted by atomic mass is 10.1. The Morgan fingerprint density at radius 2 is 2.00 bits per heavy atom. The lowest BCUT2D eigenvalue weighted by Crippen LogP contribution is -2.28. The monoisotopic (exact) mass is 298 g/mol. The van der Waals surface area contributed by atoms with Crippen LogP contribution in [0.1, 0.15) is 19.9 Å². The molecule has 3 rings (SSSR count). The molecule has 1 aromatic carbocycles. The van der Waals surface area contributed by atoms with Gasteiger partial charge in [-0.1, -0.05) is 44.2 Å². The van der Waals surface area contributed by atoms with Crippen LogP contribution in [0.25, 0.3) is 22.6 Å². The molecular weight excluding hydrogens is 280 g/mol. The normalized spacial score (nSPS) is 12.9. The van der Waals surface area contributed by atoms with Crippen molar-refractivity contribution in [3.63, 3.8) is 0 Å². The first-order valence-corrected chi connectivity index (χ1v) is 7.25. The molecule has 2 heterocycles. The lowest BCUT2D eigenvalue weighted by molar-refractivity contribution is 0.193. The van der Waals surface area contributed by atoms with Crippen molar-refractivity contribution in [2.24, 2.45) is 5.92 Å². The second-order valence-corrected chi connectivity index (χ2v) is 5.59.